The number of amides is 1. The Balaban J connectivity index is 1.54. The number of nitrogens with one attached hydrogen (secondary N) is 2. The lowest BCUT2D eigenvalue weighted by Crippen LogP contribution is -2.47. The molecule has 3 rings (SSSR count). The van der Waals surface area contributed by atoms with Gasteiger partial charge < -0.3 is 20.6 Å². The number of carboxylic acids is 1. The molecule has 0 aliphatic carbocycles. The Hall–Kier alpha value is -2.12. The molecule has 1 aromatic rings. The van der Waals surface area contributed by atoms with Gasteiger partial charge in [0.05, 0.1) is 6.54 Å². The molecule has 2 saturated heterocycles. The zero-order valence-corrected chi connectivity index (χ0v) is 16.0. The molecule has 0 radical (unpaired) electrons. The highest BCUT2D eigenvalue weighted by Gasteiger charge is 2.32. The lowest BCUT2D eigenvalue weighted by molar-refractivity contribution is -0.139. The third kappa shape index (κ3) is 5.20. The van der Waals surface area contributed by atoms with E-state index in [4.69, 9.17) is 5.11 Å². The minimum atomic E-state index is -0.805. The van der Waals surface area contributed by atoms with Gasteiger partial charge in [0.1, 0.15) is 0 Å². The molecule has 27 heavy (non-hydrogen) atoms. The van der Waals surface area contributed by atoms with Gasteiger partial charge in [-0.15, -0.1) is 0 Å². The summed E-state index contributed by atoms with van der Waals surface area (Å²) in [6.45, 7) is 6.76. The zero-order valence-electron chi connectivity index (χ0n) is 16.0. The SMILES string of the molecule is CCC1CC(C(=O)Nc2ccc(N3CCNCC3)cc2)CCN1CC(=O)O. The number of rotatable bonds is 6. The maximum absolute atomic E-state index is 12.7. The summed E-state index contributed by atoms with van der Waals surface area (Å²) in [7, 11) is 0. The van der Waals surface area contributed by atoms with E-state index < -0.39 is 5.97 Å². The number of piperazine rings is 1. The number of nitrogens with zero attached hydrogens (tertiary/aromatic N) is 2. The Morgan fingerprint density at radius 3 is 2.52 bits per heavy atom. The fourth-order valence-corrected chi connectivity index (χ4v) is 4.07. The van der Waals surface area contributed by atoms with Crippen LogP contribution < -0.4 is 15.5 Å². The minimum absolute atomic E-state index is 0.0401. The van der Waals surface area contributed by atoms with E-state index in [1.165, 1.54) is 5.69 Å². The normalized spacial score (nSPS) is 23.8. The van der Waals surface area contributed by atoms with E-state index in [1.807, 2.05) is 17.0 Å². The minimum Gasteiger partial charge on any atom is -0.480 e. The maximum Gasteiger partial charge on any atom is 0.317 e. The lowest BCUT2D eigenvalue weighted by Gasteiger charge is -2.37. The number of carboxylic acid groups (broad SMARTS) is 1. The third-order valence-corrected chi connectivity index (χ3v) is 5.64. The van der Waals surface area contributed by atoms with Crippen molar-refractivity contribution in [3.05, 3.63) is 24.3 Å². The monoisotopic (exact) mass is 374 g/mol. The highest BCUT2D eigenvalue weighted by atomic mass is 16.4. The Labute approximate surface area is 160 Å². The van der Waals surface area contributed by atoms with Crippen molar-refractivity contribution in [2.75, 3.05) is 49.5 Å². The van der Waals surface area contributed by atoms with Gasteiger partial charge in [0.25, 0.3) is 0 Å². The van der Waals surface area contributed by atoms with Crippen molar-refractivity contribution in [1.82, 2.24) is 10.2 Å². The van der Waals surface area contributed by atoms with Crippen LogP contribution in [-0.4, -0.2) is 67.2 Å². The van der Waals surface area contributed by atoms with Crippen molar-refractivity contribution in [1.29, 1.82) is 0 Å². The Bertz CT molecular complexity index is 643. The number of aliphatic carboxylic acids is 1. The number of benzene rings is 1. The second kappa shape index (κ2) is 9.19. The average molecular weight is 374 g/mol. The van der Waals surface area contributed by atoms with Gasteiger partial charge in [0.2, 0.25) is 5.91 Å². The Kier molecular flexibility index (Phi) is 6.68. The molecule has 1 aromatic carbocycles. The van der Waals surface area contributed by atoms with Crippen molar-refractivity contribution >= 4 is 23.3 Å². The van der Waals surface area contributed by atoms with Gasteiger partial charge in [0.15, 0.2) is 0 Å². The van der Waals surface area contributed by atoms with E-state index in [0.717, 1.165) is 38.3 Å². The predicted octanol–water partition coefficient (Wildman–Crippen LogP) is 1.61. The molecule has 7 nitrogen and oxygen atoms in total. The zero-order chi connectivity index (χ0) is 19.2. The molecule has 0 aromatic heterocycles. The Morgan fingerprint density at radius 1 is 1.19 bits per heavy atom. The quantitative estimate of drug-likeness (QED) is 0.702. The average Bonchev–Trinajstić information content (AvgIpc) is 2.69. The lowest BCUT2D eigenvalue weighted by atomic mass is 9.88. The molecular weight excluding hydrogens is 344 g/mol. The molecule has 2 atom stereocenters. The summed E-state index contributed by atoms with van der Waals surface area (Å²) in [5.41, 5.74) is 2.00. The highest BCUT2D eigenvalue weighted by Crippen LogP contribution is 2.26. The fraction of sp³-hybridized carbons (Fsp3) is 0.600. The number of likely N-dealkylation sites (tertiary alicyclic amines) is 1. The topological polar surface area (TPSA) is 84.9 Å². The molecule has 7 heteroatoms. The number of hydrogen-bond donors (Lipinski definition) is 3. The van der Waals surface area contributed by atoms with E-state index >= 15 is 0 Å². The van der Waals surface area contributed by atoms with Crippen LogP contribution in [0.5, 0.6) is 0 Å². The van der Waals surface area contributed by atoms with Crippen LogP contribution in [0.1, 0.15) is 26.2 Å². The predicted molar refractivity (Wildman–Crippen MR) is 106 cm³/mol. The molecule has 0 spiro atoms. The molecular formula is C20H30N4O3. The van der Waals surface area contributed by atoms with Gasteiger partial charge in [-0.25, -0.2) is 0 Å². The summed E-state index contributed by atoms with van der Waals surface area (Å²) >= 11 is 0. The summed E-state index contributed by atoms with van der Waals surface area (Å²) in [5, 5.41) is 15.4. The molecule has 2 unspecified atom stereocenters. The first-order valence-electron chi connectivity index (χ1n) is 9.89. The number of anilines is 2. The second-order valence-electron chi connectivity index (χ2n) is 7.42. The molecule has 2 fully saturated rings. The van der Waals surface area contributed by atoms with Crippen LogP contribution in [0, 0.1) is 5.92 Å². The van der Waals surface area contributed by atoms with Crippen LogP contribution in [-0.2, 0) is 9.59 Å². The van der Waals surface area contributed by atoms with E-state index in [2.05, 4.69) is 34.6 Å². The van der Waals surface area contributed by atoms with E-state index in [9.17, 15) is 9.59 Å². The van der Waals surface area contributed by atoms with Gasteiger partial charge in [0, 0.05) is 49.5 Å². The first kappa shape index (κ1) is 19.6. The van der Waals surface area contributed by atoms with Crippen molar-refractivity contribution in [3.63, 3.8) is 0 Å². The van der Waals surface area contributed by atoms with E-state index in [-0.39, 0.29) is 24.4 Å². The van der Waals surface area contributed by atoms with Crippen LogP contribution >= 0.6 is 0 Å². The Morgan fingerprint density at radius 2 is 1.89 bits per heavy atom. The van der Waals surface area contributed by atoms with Crippen molar-refractivity contribution in [2.45, 2.75) is 32.2 Å². The van der Waals surface area contributed by atoms with Crippen molar-refractivity contribution < 1.29 is 14.7 Å². The smallest absolute Gasteiger partial charge is 0.317 e. The molecule has 3 N–H and O–H groups in total. The van der Waals surface area contributed by atoms with E-state index in [1.54, 1.807) is 0 Å². The standard InChI is InChI=1S/C20H30N4O3/c1-2-17-13-15(7-10-24(17)14-19(25)26)20(27)22-16-3-5-18(6-4-16)23-11-8-21-9-12-23/h3-6,15,17,21H,2,7-14H2,1H3,(H,22,27)(H,25,26). The van der Waals surface area contributed by atoms with Gasteiger partial charge >= 0.3 is 5.97 Å². The number of hydrogen-bond acceptors (Lipinski definition) is 5. The summed E-state index contributed by atoms with van der Waals surface area (Å²) in [5.74, 6) is -0.827. The van der Waals surface area contributed by atoms with Crippen LogP contribution in [0.25, 0.3) is 0 Å². The first-order valence-corrected chi connectivity index (χ1v) is 9.89. The van der Waals surface area contributed by atoms with Gasteiger partial charge in [-0.3, -0.25) is 14.5 Å². The van der Waals surface area contributed by atoms with Crippen LogP contribution in [0.15, 0.2) is 24.3 Å². The third-order valence-electron chi connectivity index (χ3n) is 5.64. The van der Waals surface area contributed by atoms with Crippen LogP contribution in [0.2, 0.25) is 0 Å². The fourth-order valence-electron chi connectivity index (χ4n) is 4.07. The molecule has 2 aliphatic rings. The molecule has 0 bridgehead atoms. The van der Waals surface area contributed by atoms with E-state index in [0.29, 0.717) is 19.4 Å². The molecule has 1 amide bonds. The van der Waals surface area contributed by atoms with Crippen molar-refractivity contribution in [3.8, 4) is 0 Å². The molecule has 2 heterocycles. The van der Waals surface area contributed by atoms with Crippen LogP contribution in [0.4, 0.5) is 11.4 Å². The summed E-state index contributed by atoms with van der Waals surface area (Å²) in [6, 6.07) is 8.20. The van der Waals surface area contributed by atoms with Crippen molar-refractivity contribution in [2.24, 2.45) is 5.92 Å². The number of carbonyl (C=O) groups excluding carboxylic acids is 1. The van der Waals surface area contributed by atoms with Gasteiger partial charge in [-0.2, -0.15) is 0 Å². The second-order valence-corrected chi connectivity index (χ2v) is 7.42. The highest BCUT2D eigenvalue weighted by molar-refractivity contribution is 5.92. The summed E-state index contributed by atoms with van der Waals surface area (Å²) in [4.78, 5) is 28.0. The van der Waals surface area contributed by atoms with Gasteiger partial charge in [-0.05, 0) is 50.1 Å². The number of piperidine rings is 1. The number of carbonyl (C=O) groups is 2. The largest absolute Gasteiger partial charge is 0.480 e. The molecule has 2 aliphatic heterocycles. The summed E-state index contributed by atoms with van der Waals surface area (Å²) < 4.78 is 0. The summed E-state index contributed by atoms with van der Waals surface area (Å²) in [6.07, 6.45) is 2.28. The van der Waals surface area contributed by atoms with Gasteiger partial charge in [-0.1, -0.05) is 6.92 Å². The molecule has 0 saturated carbocycles. The first-order chi connectivity index (χ1) is 13.1. The molecule has 148 valence electrons. The maximum atomic E-state index is 12.7. The van der Waals surface area contributed by atoms with Crippen LogP contribution in [0.3, 0.4) is 0 Å².